The lowest BCUT2D eigenvalue weighted by Crippen LogP contribution is -2.53. The first kappa shape index (κ1) is 10.9. The second-order valence-electron chi connectivity index (χ2n) is 3.44. The fourth-order valence-corrected chi connectivity index (χ4v) is 2.30. The zero-order valence-electron chi connectivity index (χ0n) is 8.21. The van der Waals surface area contributed by atoms with Crippen molar-refractivity contribution in [2.45, 2.75) is 25.3 Å². The van der Waals surface area contributed by atoms with Crippen LogP contribution < -0.4 is 5.73 Å². The van der Waals surface area contributed by atoms with E-state index in [0.29, 0.717) is 11.7 Å². The van der Waals surface area contributed by atoms with Gasteiger partial charge in [0.25, 0.3) is 0 Å². The molecule has 0 saturated heterocycles. The number of hydrogen-bond acceptors (Lipinski definition) is 4. The topological polar surface area (TPSA) is 52.3 Å². The van der Waals surface area contributed by atoms with E-state index in [9.17, 15) is 4.79 Å². The first-order valence-corrected chi connectivity index (χ1v) is 5.75. The van der Waals surface area contributed by atoms with Crippen molar-refractivity contribution in [1.82, 2.24) is 0 Å². The Bertz CT molecular complexity index is 194. The summed E-state index contributed by atoms with van der Waals surface area (Å²) in [5, 5.41) is 0. The SMILES string of the molecule is CCSCC(N)(C(=O)OC)C1CC1. The van der Waals surface area contributed by atoms with Crippen LogP contribution in [-0.2, 0) is 9.53 Å². The summed E-state index contributed by atoms with van der Waals surface area (Å²) < 4.78 is 4.74. The third-order valence-corrected chi connectivity index (χ3v) is 3.51. The minimum atomic E-state index is -0.727. The number of carbonyl (C=O) groups is 1. The van der Waals surface area contributed by atoms with Crippen LogP contribution in [-0.4, -0.2) is 30.1 Å². The summed E-state index contributed by atoms with van der Waals surface area (Å²) in [6.07, 6.45) is 2.13. The summed E-state index contributed by atoms with van der Waals surface area (Å²) in [6, 6.07) is 0. The molecule has 13 heavy (non-hydrogen) atoms. The summed E-state index contributed by atoms with van der Waals surface area (Å²) in [7, 11) is 1.41. The monoisotopic (exact) mass is 203 g/mol. The Morgan fingerprint density at radius 2 is 2.31 bits per heavy atom. The average Bonchev–Trinajstić information content (AvgIpc) is 2.96. The van der Waals surface area contributed by atoms with E-state index < -0.39 is 5.54 Å². The molecule has 1 aliphatic carbocycles. The molecule has 0 aliphatic heterocycles. The molecule has 0 amide bonds. The Morgan fingerprint density at radius 1 is 1.69 bits per heavy atom. The number of carbonyl (C=O) groups excluding carboxylic acids is 1. The van der Waals surface area contributed by atoms with Crippen molar-refractivity contribution in [3.63, 3.8) is 0 Å². The van der Waals surface area contributed by atoms with Crippen molar-refractivity contribution in [2.75, 3.05) is 18.6 Å². The van der Waals surface area contributed by atoms with Crippen LogP contribution >= 0.6 is 11.8 Å². The number of thioether (sulfide) groups is 1. The van der Waals surface area contributed by atoms with Gasteiger partial charge in [-0.05, 0) is 24.5 Å². The van der Waals surface area contributed by atoms with Gasteiger partial charge in [0, 0.05) is 5.75 Å². The summed E-state index contributed by atoms with van der Waals surface area (Å²) in [5.74, 6) is 1.76. The maximum atomic E-state index is 11.5. The Hall–Kier alpha value is -0.220. The molecule has 4 heteroatoms. The zero-order valence-corrected chi connectivity index (χ0v) is 9.02. The first-order valence-electron chi connectivity index (χ1n) is 4.60. The van der Waals surface area contributed by atoms with Crippen LogP contribution in [0.25, 0.3) is 0 Å². The maximum Gasteiger partial charge on any atom is 0.326 e. The number of methoxy groups -OCH3 is 1. The molecular weight excluding hydrogens is 186 g/mol. The molecule has 0 bridgehead atoms. The van der Waals surface area contributed by atoms with E-state index in [2.05, 4.69) is 6.92 Å². The number of hydrogen-bond donors (Lipinski definition) is 1. The molecule has 0 aromatic carbocycles. The Balaban J connectivity index is 2.56. The van der Waals surface area contributed by atoms with E-state index in [0.717, 1.165) is 18.6 Å². The molecule has 0 radical (unpaired) electrons. The fraction of sp³-hybridized carbons (Fsp3) is 0.889. The minimum absolute atomic E-state index is 0.254. The number of ether oxygens (including phenoxy) is 1. The van der Waals surface area contributed by atoms with Gasteiger partial charge < -0.3 is 10.5 Å². The summed E-state index contributed by atoms with van der Waals surface area (Å²) in [5.41, 5.74) is 5.32. The number of nitrogens with two attached hydrogens (primary N) is 1. The second-order valence-corrected chi connectivity index (χ2v) is 4.72. The second kappa shape index (κ2) is 4.33. The van der Waals surface area contributed by atoms with Gasteiger partial charge in [-0.3, -0.25) is 4.79 Å². The summed E-state index contributed by atoms with van der Waals surface area (Å²) in [4.78, 5) is 11.5. The van der Waals surface area contributed by atoms with Crippen molar-refractivity contribution in [3.8, 4) is 0 Å². The summed E-state index contributed by atoms with van der Waals surface area (Å²) >= 11 is 1.70. The van der Waals surface area contributed by atoms with Crippen molar-refractivity contribution < 1.29 is 9.53 Å². The van der Waals surface area contributed by atoms with Crippen LogP contribution in [0.2, 0.25) is 0 Å². The molecule has 0 aromatic rings. The van der Waals surface area contributed by atoms with Gasteiger partial charge in [0.15, 0.2) is 0 Å². The molecule has 1 unspecified atom stereocenters. The molecule has 1 rings (SSSR count). The Kier molecular flexibility index (Phi) is 3.62. The van der Waals surface area contributed by atoms with E-state index in [4.69, 9.17) is 10.5 Å². The molecule has 1 saturated carbocycles. The van der Waals surface area contributed by atoms with E-state index >= 15 is 0 Å². The number of rotatable bonds is 5. The molecule has 0 aromatic heterocycles. The molecule has 1 fully saturated rings. The van der Waals surface area contributed by atoms with Crippen molar-refractivity contribution in [2.24, 2.45) is 11.7 Å². The van der Waals surface area contributed by atoms with E-state index in [1.807, 2.05) is 0 Å². The molecular formula is C9H17NO2S. The van der Waals surface area contributed by atoms with Crippen LogP contribution in [0.4, 0.5) is 0 Å². The van der Waals surface area contributed by atoms with Crippen molar-refractivity contribution in [3.05, 3.63) is 0 Å². The van der Waals surface area contributed by atoms with Crippen molar-refractivity contribution in [1.29, 1.82) is 0 Å². The first-order chi connectivity index (χ1) is 6.15. The lowest BCUT2D eigenvalue weighted by Gasteiger charge is -2.25. The zero-order chi connectivity index (χ0) is 9.90. The van der Waals surface area contributed by atoms with Gasteiger partial charge in [-0.25, -0.2) is 0 Å². The molecule has 1 aliphatic rings. The van der Waals surface area contributed by atoms with Crippen molar-refractivity contribution >= 4 is 17.7 Å². The third-order valence-electron chi connectivity index (χ3n) is 2.42. The standard InChI is InChI=1S/C9H17NO2S/c1-3-13-6-9(10,7-4-5-7)8(11)12-2/h7H,3-6,10H2,1-2H3. The molecule has 0 spiro atoms. The van der Waals surface area contributed by atoms with E-state index in [-0.39, 0.29) is 5.97 Å². The Morgan fingerprint density at radius 3 is 2.69 bits per heavy atom. The average molecular weight is 203 g/mol. The van der Waals surface area contributed by atoms with Gasteiger partial charge in [-0.2, -0.15) is 11.8 Å². The highest BCUT2D eigenvalue weighted by atomic mass is 32.2. The van der Waals surface area contributed by atoms with E-state index in [1.54, 1.807) is 11.8 Å². The van der Waals surface area contributed by atoms with Gasteiger partial charge in [0.2, 0.25) is 0 Å². The third kappa shape index (κ3) is 2.38. The van der Waals surface area contributed by atoms with Crippen LogP contribution in [0.5, 0.6) is 0 Å². The van der Waals surface area contributed by atoms with Gasteiger partial charge in [0.1, 0.15) is 5.54 Å². The highest BCUT2D eigenvalue weighted by molar-refractivity contribution is 7.99. The minimum Gasteiger partial charge on any atom is -0.468 e. The van der Waals surface area contributed by atoms with Crippen LogP contribution in [0, 0.1) is 5.92 Å². The van der Waals surface area contributed by atoms with Crippen LogP contribution in [0.1, 0.15) is 19.8 Å². The van der Waals surface area contributed by atoms with Crippen LogP contribution in [0.3, 0.4) is 0 Å². The smallest absolute Gasteiger partial charge is 0.326 e. The predicted molar refractivity (Wildman–Crippen MR) is 54.7 cm³/mol. The van der Waals surface area contributed by atoms with Gasteiger partial charge in [0.05, 0.1) is 7.11 Å². The Labute approximate surface area is 83.4 Å². The quantitative estimate of drug-likeness (QED) is 0.678. The normalized spacial score (nSPS) is 20.8. The number of esters is 1. The van der Waals surface area contributed by atoms with Gasteiger partial charge >= 0.3 is 5.97 Å². The van der Waals surface area contributed by atoms with E-state index in [1.165, 1.54) is 7.11 Å². The highest BCUT2D eigenvalue weighted by Gasteiger charge is 2.48. The fourth-order valence-electron chi connectivity index (χ4n) is 1.40. The van der Waals surface area contributed by atoms with Gasteiger partial charge in [-0.15, -0.1) is 0 Å². The predicted octanol–water partition coefficient (Wildman–Crippen LogP) is 1.02. The molecule has 2 N–H and O–H groups in total. The molecule has 1 atom stereocenters. The highest BCUT2D eigenvalue weighted by Crippen LogP contribution is 2.40. The summed E-state index contributed by atoms with van der Waals surface area (Å²) in [6.45, 7) is 2.06. The molecule has 76 valence electrons. The molecule has 0 heterocycles. The van der Waals surface area contributed by atoms with Crippen LogP contribution in [0.15, 0.2) is 0 Å². The molecule has 3 nitrogen and oxygen atoms in total. The lowest BCUT2D eigenvalue weighted by molar-refractivity contribution is -0.146. The lowest BCUT2D eigenvalue weighted by atomic mass is 9.97. The largest absolute Gasteiger partial charge is 0.468 e. The maximum absolute atomic E-state index is 11.5. The van der Waals surface area contributed by atoms with Gasteiger partial charge in [-0.1, -0.05) is 6.92 Å².